The number of hydrogen-bond acceptors (Lipinski definition) is 3. The second-order valence-electron chi connectivity index (χ2n) is 5.77. The molecule has 0 fully saturated rings. The smallest absolute Gasteiger partial charge is 0.0218 e. The van der Waals surface area contributed by atoms with Crippen molar-refractivity contribution in [3.63, 3.8) is 0 Å². The van der Waals surface area contributed by atoms with Crippen LogP contribution in [0, 0.1) is 11.8 Å². The quantitative estimate of drug-likeness (QED) is 0.612. The van der Waals surface area contributed by atoms with E-state index in [9.17, 15) is 0 Å². The molecule has 17 heavy (non-hydrogen) atoms. The minimum atomic E-state index is 0.576. The fraction of sp³-hybridized carbons (Fsp3) is 1.00. The highest BCUT2D eigenvalue weighted by molar-refractivity contribution is 7.98. The van der Waals surface area contributed by atoms with Crippen LogP contribution in [0.5, 0.6) is 0 Å². The first-order chi connectivity index (χ1) is 8.01. The van der Waals surface area contributed by atoms with E-state index < -0.39 is 0 Å². The molecule has 0 aromatic rings. The lowest BCUT2D eigenvalue weighted by atomic mass is 10.1. The molecule has 0 heterocycles. The Kier molecular flexibility index (Phi) is 10.4. The van der Waals surface area contributed by atoms with Crippen LogP contribution in [-0.2, 0) is 0 Å². The topological polar surface area (TPSA) is 29.3 Å². The third-order valence-electron chi connectivity index (χ3n) is 2.87. The van der Waals surface area contributed by atoms with Crippen LogP contribution in [0.1, 0.15) is 40.5 Å². The van der Waals surface area contributed by atoms with E-state index in [1.54, 1.807) is 0 Å². The summed E-state index contributed by atoms with van der Waals surface area (Å²) >= 11 is 1.93. The van der Waals surface area contributed by atoms with Crippen LogP contribution < -0.4 is 5.73 Å². The van der Waals surface area contributed by atoms with E-state index in [-0.39, 0.29) is 0 Å². The molecule has 0 saturated heterocycles. The van der Waals surface area contributed by atoms with Crippen molar-refractivity contribution in [2.45, 2.75) is 46.6 Å². The van der Waals surface area contributed by atoms with Gasteiger partial charge < -0.3 is 5.73 Å². The Morgan fingerprint density at radius 3 is 1.94 bits per heavy atom. The molecule has 3 heteroatoms. The van der Waals surface area contributed by atoms with Crippen molar-refractivity contribution in [1.82, 2.24) is 4.90 Å². The number of nitrogens with two attached hydrogens (primary N) is 1. The van der Waals surface area contributed by atoms with Crippen LogP contribution in [-0.4, -0.2) is 42.6 Å². The van der Waals surface area contributed by atoms with Gasteiger partial charge in [-0.05, 0) is 36.7 Å². The zero-order chi connectivity index (χ0) is 13.3. The molecule has 0 aromatic carbocycles. The van der Waals surface area contributed by atoms with Crippen molar-refractivity contribution in [2.24, 2.45) is 17.6 Å². The number of rotatable bonds is 10. The van der Waals surface area contributed by atoms with E-state index in [2.05, 4.69) is 38.9 Å². The molecule has 1 unspecified atom stereocenters. The highest BCUT2D eigenvalue weighted by Crippen LogP contribution is 2.13. The molecule has 0 rings (SSSR count). The van der Waals surface area contributed by atoms with Gasteiger partial charge in [-0.1, -0.05) is 27.7 Å². The molecule has 2 nitrogen and oxygen atoms in total. The Hall–Kier alpha value is 0.270. The summed E-state index contributed by atoms with van der Waals surface area (Å²) in [5, 5.41) is 0. The van der Waals surface area contributed by atoms with Gasteiger partial charge in [-0.15, -0.1) is 0 Å². The molecule has 0 radical (unpaired) electrons. The average molecular weight is 260 g/mol. The molecule has 1 atom stereocenters. The van der Waals surface area contributed by atoms with Crippen LogP contribution in [0.2, 0.25) is 0 Å². The first-order valence-corrected chi connectivity index (χ1v) is 8.33. The van der Waals surface area contributed by atoms with E-state index in [0.29, 0.717) is 6.04 Å². The standard InChI is InChI=1S/C14H32N2S/c1-12(2)10-16(11-13(3)4)14(9-15)7-6-8-17-5/h12-14H,6-11,15H2,1-5H3. The van der Waals surface area contributed by atoms with Crippen molar-refractivity contribution < 1.29 is 0 Å². The van der Waals surface area contributed by atoms with Gasteiger partial charge in [0, 0.05) is 25.7 Å². The monoisotopic (exact) mass is 260 g/mol. The van der Waals surface area contributed by atoms with Gasteiger partial charge in [0.2, 0.25) is 0 Å². The van der Waals surface area contributed by atoms with Gasteiger partial charge in [0.15, 0.2) is 0 Å². The second-order valence-corrected chi connectivity index (χ2v) is 6.75. The lowest BCUT2D eigenvalue weighted by Gasteiger charge is -2.33. The molecule has 0 aromatic heterocycles. The summed E-state index contributed by atoms with van der Waals surface area (Å²) in [6, 6.07) is 0.576. The van der Waals surface area contributed by atoms with Gasteiger partial charge in [-0.25, -0.2) is 0 Å². The number of hydrogen-bond donors (Lipinski definition) is 1. The molecule has 0 saturated carbocycles. The summed E-state index contributed by atoms with van der Waals surface area (Å²) in [7, 11) is 0. The Morgan fingerprint density at radius 1 is 1.06 bits per heavy atom. The highest BCUT2D eigenvalue weighted by atomic mass is 32.2. The molecule has 0 spiro atoms. The lowest BCUT2D eigenvalue weighted by Crippen LogP contribution is -2.44. The van der Waals surface area contributed by atoms with E-state index >= 15 is 0 Å². The maximum atomic E-state index is 5.96. The van der Waals surface area contributed by atoms with Gasteiger partial charge in [0.05, 0.1) is 0 Å². The molecule has 2 N–H and O–H groups in total. The van der Waals surface area contributed by atoms with Crippen LogP contribution in [0.4, 0.5) is 0 Å². The Morgan fingerprint density at radius 2 is 1.59 bits per heavy atom. The maximum absolute atomic E-state index is 5.96. The predicted molar refractivity (Wildman–Crippen MR) is 81.7 cm³/mol. The predicted octanol–water partition coefficient (Wildman–Crippen LogP) is 3.07. The highest BCUT2D eigenvalue weighted by Gasteiger charge is 2.18. The molecule has 104 valence electrons. The summed E-state index contributed by atoms with van der Waals surface area (Å²) in [6.07, 6.45) is 4.71. The van der Waals surface area contributed by atoms with Gasteiger partial charge in [-0.2, -0.15) is 11.8 Å². The molecule has 0 aliphatic heterocycles. The lowest BCUT2D eigenvalue weighted by molar-refractivity contribution is 0.152. The van der Waals surface area contributed by atoms with E-state index in [4.69, 9.17) is 5.73 Å². The zero-order valence-electron chi connectivity index (χ0n) is 12.4. The molecule has 0 aliphatic rings. The molecule has 0 amide bonds. The summed E-state index contributed by atoms with van der Waals surface area (Å²) in [5.74, 6) is 2.71. The van der Waals surface area contributed by atoms with Crippen molar-refractivity contribution in [3.05, 3.63) is 0 Å². The van der Waals surface area contributed by atoms with Crippen LogP contribution in [0.15, 0.2) is 0 Å². The first kappa shape index (κ1) is 17.3. The average Bonchev–Trinajstić information content (AvgIpc) is 2.22. The van der Waals surface area contributed by atoms with Crippen molar-refractivity contribution in [3.8, 4) is 0 Å². The van der Waals surface area contributed by atoms with Gasteiger partial charge >= 0.3 is 0 Å². The van der Waals surface area contributed by atoms with Crippen LogP contribution in [0.3, 0.4) is 0 Å². The maximum Gasteiger partial charge on any atom is 0.0218 e. The van der Waals surface area contributed by atoms with Gasteiger partial charge in [0.1, 0.15) is 0 Å². The Labute approximate surface area is 113 Å². The van der Waals surface area contributed by atoms with Gasteiger partial charge in [-0.3, -0.25) is 4.90 Å². The first-order valence-electron chi connectivity index (χ1n) is 6.94. The fourth-order valence-corrected chi connectivity index (χ4v) is 2.68. The number of nitrogens with zero attached hydrogens (tertiary/aromatic N) is 1. The van der Waals surface area contributed by atoms with Crippen molar-refractivity contribution in [1.29, 1.82) is 0 Å². The third kappa shape index (κ3) is 8.92. The zero-order valence-corrected chi connectivity index (χ0v) is 13.2. The molecule has 0 aliphatic carbocycles. The third-order valence-corrected chi connectivity index (χ3v) is 3.57. The van der Waals surface area contributed by atoms with Crippen molar-refractivity contribution >= 4 is 11.8 Å². The summed E-state index contributed by atoms with van der Waals surface area (Å²) in [5.41, 5.74) is 5.96. The Bertz CT molecular complexity index is 162. The van der Waals surface area contributed by atoms with Gasteiger partial charge in [0.25, 0.3) is 0 Å². The minimum Gasteiger partial charge on any atom is -0.329 e. The normalized spacial score (nSPS) is 13.9. The van der Waals surface area contributed by atoms with Crippen molar-refractivity contribution in [2.75, 3.05) is 31.6 Å². The molecule has 0 bridgehead atoms. The largest absolute Gasteiger partial charge is 0.329 e. The summed E-state index contributed by atoms with van der Waals surface area (Å²) < 4.78 is 0. The molecular weight excluding hydrogens is 228 g/mol. The second kappa shape index (κ2) is 10.2. The summed E-state index contributed by atoms with van der Waals surface area (Å²) in [4.78, 5) is 2.61. The minimum absolute atomic E-state index is 0.576. The molecular formula is C14H32N2S. The Balaban J connectivity index is 4.27. The van der Waals surface area contributed by atoms with E-state index in [1.807, 2.05) is 11.8 Å². The van der Waals surface area contributed by atoms with E-state index in [0.717, 1.165) is 18.4 Å². The van der Waals surface area contributed by atoms with E-state index in [1.165, 1.54) is 31.7 Å². The van der Waals surface area contributed by atoms with Crippen LogP contribution >= 0.6 is 11.8 Å². The number of thioether (sulfide) groups is 1. The SMILES string of the molecule is CSCCCC(CN)N(CC(C)C)CC(C)C. The fourth-order valence-electron chi connectivity index (χ4n) is 2.22. The van der Waals surface area contributed by atoms with Crippen LogP contribution in [0.25, 0.3) is 0 Å². The summed E-state index contributed by atoms with van der Waals surface area (Å²) in [6.45, 7) is 12.3.